The first-order chi connectivity index (χ1) is 11.7. The highest BCUT2D eigenvalue weighted by Gasteiger charge is 2.17. The number of halogens is 1. The molecule has 0 amide bonds. The molecule has 0 unspecified atom stereocenters. The number of benzene rings is 1. The van der Waals surface area contributed by atoms with Gasteiger partial charge in [0.1, 0.15) is 23.8 Å². The van der Waals surface area contributed by atoms with Gasteiger partial charge in [0.25, 0.3) is 0 Å². The Morgan fingerprint density at radius 1 is 1.08 bits per heavy atom. The fraction of sp³-hybridized carbons (Fsp3) is 0.412. The Bertz CT molecular complexity index is 685. The molecule has 0 spiro atoms. The lowest BCUT2D eigenvalue weighted by Crippen LogP contribution is -2.46. The number of hydrogen-bond acceptors (Lipinski definition) is 6. The van der Waals surface area contributed by atoms with Crippen molar-refractivity contribution >= 4 is 23.0 Å². The summed E-state index contributed by atoms with van der Waals surface area (Å²) < 4.78 is 14.5. The third-order valence-corrected chi connectivity index (χ3v) is 4.32. The van der Waals surface area contributed by atoms with Crippen LogP contribution >= 0.6 is 0 Å². The maximum absolute atomic E-state index is 14.5. The number of likely N-dealkylation sites (N-methyl/N-ethyl adjacent to an activating group) is 1. The first-order valence-corrected chi connectivity index (χ1v) is 8.23. The van der Waals surface area contributed by atoms with E-state index in [1.54, 1.807) is 25.2 Å². The lowest BCUT2D eigenvalue weighted by molar-refractivity contribution is 0.271. The summed E-state index contributed by atoms with van der Waals surface area (Å²) in [5, 5.41) is 5.93. The van der Waals surface area contributed by atoms with Crippen molar-refractivity contribution in [3.63, 3.8) is 0 Å². The van der Waals surface area contributed by atoms with Crippen molar-refractivity contribution in [3.8, 4) is 0 Å². The van der Waals surface area contributed by atoms with Gasteiger partial charge in [0.05, 0.1) is 5.69 Å². The number of nitrogens with one attached hydrogen (secondary N) is 2. The summed E-state index contributed by atoms with van der Waals surface area (Å²) in [6.45, 7) is 7.13. The summed E-state index contributed by atoms with van der Waals surface area (Å²) in [6, 6.07) is 7.03. The molecule has 1 saturated heterocycles. The summed E-state index contributed by atoms with van der Waals surface area (Å²) in [5.74, 6) is 0.950. The van der Waals surface area contributed by atoms with E-state index in [0.29, 0.717) is 17.3 Å². The predicted octanol–water partition coefficient (Wildman–Crippen LogP) is 2.54. The second kappa shape index (κ2) is 7.44. The molecule has 2 N–H and O–H groups in total. The minimum Gasteiger partial charge on any atom is -0.373 e. The van der Waals surface area contributed by atoms with Gasteiger partial charge in [-0.25, -0.2) is 14.4 Å². The van der Waals surface area contributed by atoms with Crippen LogP contribution in [0.25, 0.3) is 0 Å². The zero-order valence-corrected chi connectivity index (χ0v) is 14.1. The number of anilines is 4. The molecule has 7 heteroatoms. The number of nitrogens with zero attached hydrogens (tertiary/aromatic N) is 4. The van der Waals surface area contributed by atoms with Crippen molar-refractivity contribution < 1.29 is 4.39 Å². The van der Waals surface area contributed by atoms with Crippen LogP contribution in [0.2, 0.25) is 0 Å². The molecule has 6 nitrogen and oxygen atoms in total. The zero-order valence-electron chi connectivity index (χ0n) is 14.1. The quantitative estimate of drug-likeness (QED) is 0.879. The highest BCUT2D eigenvalue weighted by Crippen LogP contribution is 2.25. The van der Waals surface area contributed by atoms with Crippen LogP contribution in [0, 0.1) is 5.82 Å². The molecule has 128 valence electrons. The minimum absolute atomic E-state index is 0.282. The Morgan fingerprint density at radius 3 is 2.50 bits per heavy atom. The van der Waals surface area contributed by atoms with Crippen molar-refractivity contribution in [2.45, 2.75) is 6.92 Å². The first kappa shape index (κ1) is 16.4. The van der Waals surface area contributed by atoms with Crippen molar-refractivity contribution in [1.29, 1.82) is 0 Å². The van der Waals surface area contributed by atoms with Gasteiger partial charge in [-0.3, -0.25) is 0 Å². The van der Waals surface area contributed by atoms with Crippen molar-refractivity contribution in [2.24, 2.45) is 0 Å². The molecule has 1 aromatic heterocycles. The molecule has 24 heavy (non-hydrogen) atoms. The third kappa shape index (κ3) is 3.73. The molecule has 0 aliphatic carbocycles. The molecule has 0 saturated carbocycles. The lowest BCUT2D eigenvalue weighted by atomic mass is 10.2. The van der Waals surface area contributed by atoms with Crippen LogP contribution in [0.4, 0.5) is 27.4 Å². The average molecular weight is 330 g/mol. The number of rotatable bonds is 5. The van der Waals surface area contributed by atoms with E-state index in [-0.39, 0.29) is 5.82 Å². The smallest absolute Gasteiger partial charge is 0.148 e. The summed E-state index contributed by atoms with van der Waals surface area (Å²) >= 11 is 0. The van der Waals surface area contributed by atoms with Gasteiger partial charge in [-0.1, -0.05) is 6.92 Å². The van der Waals surface area contributed by atoms with Crippen molar-refractivity contribution in [3.05, 3.63) is 36.4 Å². The number of hydrogen-bond donors (Lipinski definition) is 2. The van der Waals surface area contributed by atoms with Gasteiger partial charge in [0.15, 0.2) is 0 Å². The molecular formula is C17H23FN6. The monoisotopic (exact) mass is 330 g/mol. The van der Waals surface area contributed by atoms with E-state index in [2.05, 4.69) is 37.3 Å². The molecule has 1 aliphatic rings. The molecule has 1 fully saturated rings. The van der Waals surface area contributed by atoms with E-state index < -0.39 is 0 Å². The Balaban J connectivity index is 1.70. The summed E-state index contributed by atoms with van der Waals surface area (Å²) in [4.78, 5) is 12.8. The second-order valence-electron chi connectivity index (χ2n) is 5.75. The molecule has 1 aliphatic heterocycles. The van der Waals surface area contributed by atoms with Gasteiger partial charge in [0.2, 0.25) is 0 Å². The molecule has 3 rings (SSSR count). The van der Waals surface area contributed by atoms with E-state index in [4.69, 9.17) is 0 Å². The normalized spacial score (nSPS) is 15.4. The van der Waals surface area contributed by atoms with Crippen LogP contribution in [-0.2, 0) is 0 Å². The summed E-state index contributed by atoms with van der Waals surface area (Å²) in [7, 11) is 1.78. The van der Waals surface area contributed by atoms with Crippen LogP contribution in [0.3, 0.4) is 0 Å². The van der Waals surface area contributed by atoms with Crippen LogP contribution in [-0.4, -0.2) is 54.6 Å². The predicted molar refractivity (Wildman–Crippen MR) is 95.6 cm³/mol. The molecule has 2 aromatic rings. The maximum atomic E-state index is 14.5. The first-order valence-electron chi connectivity index (χ1n) is 8.23. The molecule has 2 heterocycles. The van der Waals surface area contributed by atoms with Gasteiger partial charge in [-0.05, 0) is 24.7 Å². The Labute approximate surface area is 141 Å². The summed E-state index contributed by atoms with van der Waals surface area (Å²) in [6.07, 6.45) is 1.44. The largest absolute Gasteiger partial charge is 0.373 e. The maximum Gasteiger partial charge on any atom is 0.148 e. The number of aromatic nitrogens is 2. The second-order valence-corrected chi connectivity index (χ2v) is 5.75. The average Bonchev–Trinajstić information content (AvgIpc) is 2.63. The van der Waals surface area contributed by atoms with Gasteiger partial charge in [-0.2, -0.15) is 0 Å². The third-order valence-electron chi connectivity index (χ3n) is 4.32. The van der Waals surface area contributed by atoms with E-state index in [1.807, 2.05) is 6.07 Å². The Morgan fingerprint density at radius 2 is 1.83 bits per heavy atom. The van der Waals surface area contributed by atoms with Gasteiger partial charge in [0, 0.05) is 45.0 Å². The van der Waals surface area contributed by atoms with Crippen LogP contribution < -0.4 is 15.5 Å². The molecule has 1 aromatic carbocycles. The van der Waals surface area contributed by atoms with E-state index >= 15 is 0 Å². The van der Waals surface area contributed by atoms with E-state index in [9.17, 15) is 4.39 Å². The zero-order chi connectivity index (χ0) is 16.9. The van der Waals surface area contributed by atoms with Gasteiger partial charge in [-0.15, -0.1) is 0 Å². The molecule has 0 radical (unpaired) electrons. The molecule has 0 bridgehead atoms. The molecular weight excluding hydrogens is 307 g/mol. The van der Waals surface area contributed by atoms with Crippen molar-refractivity contribution in [1.82, 2.24) is 14.9 Å². The van der Waals surface area contributed by atoms with E-state index in [0.717, 1.165) is 38.4 Å². The minimum atomic E-state index is -0.282. The summed E-state index contributed by atoms with van der Waals surface area (Å²) in [5.41, 5.74) is 1.33. The lowest BCUT2D eigenvalue weighted by Gasteiger charge is -2.35. The van der Waals surface area contributed by atoms with Crippen LogP contribution in [0.15, 0.2) is 30.6 Å². The van der Waals surface area contributed by atoms with Crippen LogP contribution in [0.5, 0.6) is 0 Å². The highest BCUT2D eigenvalue weighted by molar-refractivity contribution is 5.63. The Kier molecular flexibility index (Phi) is 5.10. The standard InChI is InChI=1S/C17H23FN6/c1-3-23-6-8-24(9-7-23)13-4-5-15(14(18)10-13)22-17-11-16(19-2)20-12-21-17/h4-5,10-12H,3,6-9H2,1-2H3,(H2,19,20,21,22). The fourth-order valence-corrected chi connectivity index (χ4v) is 2.82. The SMILES string of the molecule is CCN1CCN(c2ccc(Nc3cc(NC)ncn3)c(F)c2)CC1. The highest BCUT2D eigenvalue weighted by atomic mass is 19.1. The Hall–Kier alpha value is -2.41. The van der Waals surface area contributed by atoms with Gasteiger partial charge >= 0.3 is 0 Å². The van der Waals surface area contributed by atoms with Gasteiger partial charge < -0.3 is 20.4 Å². The van der Waals surface area contributed by atoms with E-state index in [1.165, 1.54) is 6.33 Å². The van der Waals surface area contributed by atoms with Crippen molar-refractivity contribution in [2.75, 3.05) is 55.3 Å². The topological polar surface area (TPSA) is 56.3 Å². The van der Waals surface area contributed by atoms with Crippen LogP contribution in [0.1, 0.15) is 6.92 Å². The fourth-order valence-electron chi connectivity index (χ4n) is 2.82. The number of piperazine rings is 1. The molecule has 0 atom stereocenters.